The predicted molar refractivity (Wildman–Crippen MR) is 71.1 cm³/mol. The van der Waals surface area contributed by atoms with Crippen LogP contribution in [0.3, 0.4) is 0 Å². The molecule has 0 saturated carbocycles. The van der Waals surface area contributed by atoms with E-state index in [0.717, 1.165) is 0 Å². The van der Waals surface area contributed by atoms with E-state index in [1.54, 1.807) is 33.8 Å². The molecule has 0 radical (unpaired) electrons. The lowest BCUT2D eigenvalue weighted by Crippen LogP contribution is -2.11. The fraction of sp³-hybridized carbons (Fsp3) is 0.692. The predicted octanol–water partition coefficient (Wildman–Crippen LogP) is 2.08. The zero-order chi connectivity index (χ0) is 13.7. The van der Waals surface area contributed by atoms with Gasteiger partial charge >= 0.3 is 11.9 Å². The molecule has 5 nitrogen and oxygen atoms in total. The van der Waals surface area contributed by atoms with Gasteiger partial charge in [-0.2, -0.15) is 0 Å². The Labute approximate surface area is 110 Å². The molecule has 0 spiro atoms. The zero-order valence-corrected chi connectivity index (χ0v) is 10.9. The van der Waals surface area contributed by atoms with E-state index in [9.17, 15) is 9.59 Å². The van der Waals surface area contributed by atoms with Crippen molar-refractivity contribution in [1.29, 1.82) is 0 Å². The van der Waals surface area contributed by atoms with Crippen LogP contribution in [0.25, 0.3) is 0 Å². The monoisotopic (exact) mass is 262 g/mol. The third-order valence-corrected chi connectivity index (χ3v) is 1.36. The van der Waals surface area contributed by atoms with Gasteiger partial charge in [-0.25, -0.2) is 4.79 Å². The normalized spacial score (nSPS) is 10.7. The number of aliphatic hydroxyl groups excluding tert-OH is 1. The number of esters is 2. The first-order chi connectivity index (χ1) is 7.97. The molecule has 1 atom stereocenters. The standard InChI is InChI=1S/C6H12O3.C6H10O2.CH4/c1-3-9-6(8)4-5(2)7;1-3-5-6(7)8-4-2;/h5,7H,3-4H2,1-2H3;3,5H,4H2,1-2H3;1H4/b;5-3+;. The number of hydrogen-bond acceptors (Lipinski definition) is 5. The van der Waals surface area contributed by atoms with Crippen molar-refractivity contribution in [2.24, 2.45) is 0 Å². The van der Waals surface area contributed by atoms with Gasteiger partial charge in [0.2, 0.25) is 0 Å². The van der Waals surface area contributed by atoms with Gasteiger partial charge in [-0.1, -0.05) is 13.5 Å². The smallest absolute Gasteiger partial charge is 0.330 e. The van der Waals surface area contributed by atoms with Crippen molar-refractivity contribution in [2.75, 3.05) is 13.2 Å². The topological polar surface area (TPSA) is 72.8 Å². The average Bonchev–Trinajstić information content (AvgIpc) is 2.18. The van der Waals surface area contributed by atoms with Crippen LogP contribution >= 0.6 is 0 Å². The number of rotatable bonds is 5. The van der Waals surface area contributed by atoms with Crippen molar-refractivity contribution in [2.45, 2.75) is 47.6 Å². The summed E-state index contributed by atoms with van der Waals surface area (Å²) in [7, 11) is 0. The maximum Gasteiger partial charge on any atom is 0.330 e. The zero-order valence-electron chi connectivity index (χ0n) is 10.9. The molecular formula is C13H26O5. The van der Waals surface area contributed by atoms with Crippen LogP contribution in [0.2, 0.25) is 0 Å². The number of allylic oxidation sites excluding steroid dienone is 1. The lowest BCUT2D eigenvalue weighted by Gasteiger charge is -2.01. The van der Waals surface area contributed by atoms with Gasteiger partial charge in [0, 0.05) is 6.08 Å². The van der Waals surface area contributed by atoms with Gasteiger partial charge in [-0.15, -0.1) is 0 Å². The van der Waals surface area contributed by atoms with Gasteiger partial charge in [0.25, 0.3) is 0 Å². The highest BCUT2D eigenvalue weighted by molar-refractivity contribution is 5.81. The molecule has 0 aromatic carbocycles. The molecule has 0 saturated heterocycles. The molecule has 18 heavy (non-hydrogen) atoms. The second kappa shape index (κ2) is 15.6. The van der Waals surface area contributed by atoms with Crippen LogP contribution < -0.4 is 0 Å². The van der Waals surface area contributed by atoms with Crippen molar-refractivity contribution in [3.63, 3.8) is 0 Å². The highest BCUT2D eigenvalue weighted by Crippen LogP contribution is 1.91. The minimum Gasteiger partial charge on any atom is -0.466 e. The summed E-state index contributed by atoms with van der Waals surface area (Å²) in [6, 6.07) is 0. The summed E-state index contributed by atoms with van der Waals surface area (Å²) in [5, 5.41) is 8.65. The molecule has 5 heteroatoms. The van der Waals surface area contributed by atoms with Crippen LogP contribution in [0, 0.1) is 0 Å². The summed E-state index contributed by atoms with van der Waals surface area (Å²) in [6.07, 6.45) is 2.54. The average molecular weight is 262 g/mol. The molecule has 0 aliphatic heterocycles. The molecule has 0 aromatic rings. The Morgan fingerprint density at radius 2 is 1.72 bits per heavy atom. The minimum atomic E-state index is -0.593. The van der Waals surface area contributed by atoms with Gasteiger partial charge in [0.1, 0.15) is 0 Å². The van der Waals surface area contributed by atoms with Gasteiger partial charge in [0.15, 0.2) is 0 Å². The summed E-state index contributed by atoms with van der Waals surface area (Å²) in [5.74, 6) is -0.609. The van der Waals surface area contributed by atoms with Crippen molar-refractivity contribution in [1.82, 2.24) is 0 Å². The van der Waals surface area contributed by atoms with Gasteiger partial charge in [-0.3, -0.25) is 4.79 Å². The van der Waals surface area contributed by atoms with Crippen molar-refractivity contribution in [3.05, 3.63) is 12.2 Å². The lowest BCUT2D eigenvalue weighted by atomic mass is 10.3. The van der Waals surface area contributed by atoms with E-state index in [0.29, 0.717) is 13.2 Å². The Kier molecular flexibility index (Phi) is 19.0. The Bertz CT molecular complexity index is 234. The van der Waals surface area contributed by atoms with Crippen LogP contribution in [0.4, 0.5) is 0 Å². The van der Waals surface area contributed by atoms with E-state index in [1.807, 2.05) is 0 Å². The maximum atomic E-state index is 10.5. The molecule has 0 fully saturated rings. The molecule has 0 bridgehead atoms. The summed E-state index contributed by atoms with van der Waals surface area (Å²) in [6.45, 7) is 7.67. The lowest BCUT2D eigenvalue weighted by molar-refractivity contribution is -0.145. The Hall–Kier alpha value is -1.36. The molecule has 0 heterocycles. The molecule has 1 unspecified atom stereocenters. The Morgan fingerprint density at radius 1 is 1.22 bits per heavy atom. The highest BCUT2D eigenvalue weighted by Gasteiger charge is 2.04. The number of hydrogen-bond donors (Lipinski definition) is 1. The summed E-state index contributed by atoms with van der Waals surface area (Å²) < 4.78 is 9.11. The fourth-order valence-electron chi connectivity index (χ4n) is 0.788. The van der Waals surface area contributed by atoms with E-state index in [1.165, 1.54) is 6.08 Å². The second-order valence-electron chi connectivity index (χ2n) is 3.11. The molecular weight excluding hydrogens is 236 g/mol. The Morgan fingerprint density at radius 3 is 2.06 bits per heavy atom. The summed E-state index contributed by atoms with van der Waals surface area (Å²) in [5.41, 5.74) is 0. The van der Waals surface area contributed by atoms with E-state index in [-0.39, 0.29) is 25.8 Å². The van der Waals surface area contributed by atoms with Crippen LogP contribution in [-0.2, 0) is 19.1 Å². The van der Waals surface area contributed by atoms with Crippen molar-refractivity contribution >= 4 is 11.9 Å². The van der Waals surface area contributed by atoms with E-state index >= 15 is 0 Å². The largest absolute Gasteiger partial charge is 0.466 e. The van der Waals surface area contributed by atoms with Crippen LogP contribution in [0.5, 0.6) is 0 Å². The molecule has 0 rings (SSSR count). The van der Waals surface area contributed by atoms with E-state index in [2.05, 4.69) is 9.47 Å². The first kappa shape index (κ1) is 21.9. The first-order valence-corrected chi connectivity index (χ1v) is 5.60. The number of ether oxygens (including phenoxy) is 2. The van der Waals surface area contributed by atoms with Crippen LogP contribution in [0.1, 0.15) is 41.5 Å². The highest BCUT2D eigenvalue weighted by atomic mass is 16.5. The van der Waals surface area contributed by atoms with E-state index < -0.39 is 6.10 Å². The summed E-state index contributed by atoms with van der Waals surface area (Å²) >= 11 is 0. The minimum absolute atomic E-state index is 0. The van der Waals surface area contributed by atoms with Gasteiger partial charge in [-0.05, 0) is 27.7 Å². The Balaban J connectivity index is -0.000000238. The van der Waals surface area contributed by atoms with E-state index in [4.69, 9.17) is 5.11 Å². The molecule has 0 aromatic heterocycles. The third-order valence-electron chi connectivity index (χ3n) is 1.36. The van der Waals surface area contributed by atoms with Gasteiger partial charge < -0.3 is 14.6 Å². The molecule has 1 N–H and O–H groups in total. The molecule has 0 aliphatic carbocycles. The number of carbonyl (C=O) groups is 2. The third kappa shape index (κ3) is 20.1. The van der Waals surface area contributed by atoms with Crippen LogP contribution in [0.15, 0.2) is 12.2 Å². The van der Waals surface area contributed by atoms with Crippen LogP contribution in [-0.4, -0.2) is 36.4 Å². The van der Waals surface area contributed by atoms with Crippen molar-refractivity contribution in [3.8, 4) is 0 Å². The maximum absolute atomic E-state index is 10.5. The number of aliphatic hydroxyl groups is 1. The summed E-state index contributed by atoms with van der Waals surface area (Å²) in [4.78, 5) is 20.8. The SMILES string of the molecule is C.C/C=C/C(=O)OCC.CCOC(=O)CC(C)O. The van der Waals surface area contributed by atoms with Crippen molar-refractivity contribution < 1.29 is 24.2 Å². The molecule has 0 amide bonds. The van der Waals surface area contributed by atoms with Gasteiger partial charge in [0.05, 0.1) is 25.7 Å². The quantitative estimate of drug-likeness (QED) is 0.606. The molecule has 0 aliphatic rings. The molecule has 108 valence electrons. The first-order valence-electron chi connectivity index (χ1n) is 5.60. The fourth-order valence-corrected chi connectivity index (χ4v) is 0.788. The second-order valence-corrected chi connectivity index (χ2v) is 3.11. The number of carbonyl (C=O) groups excluding carboxylic acids is 2.